The molecule has 0 saturated heterocycles. The number of hydrogen-bond acceptors (Lipinski definition) is 4. The van der Waals surface area contributed by atoms with E-state index in [1.807, 2.05) is 16.8 Å². The van der Waals surface area contributed by atoms with Gasteiger partial charge in [0.25, 0.3) is 0 Å². The number of carboxylic acids is 1. The van der Waals surface area contributed by atoms with Gasteiger partial charge in [-0.1, -0.05) is 0 Å². The SMILES string of the molecule is O=C(O)C1Cc2nc[nH]c2CN1C(=O)Cc1ccsc1. The predicted octanol–water partition coefficient (Wildman–Crippen LogP) is 1.05. The number of carbonyl (C=O) groups is 2. The number of rotatable bonds is 3. The highest BCUT2D eigenvalue weighted by Gasteiger charge is 2.35. The second-order valence-corrected chi connectivity index (χ2v) is 5.50. The van der Waals surface area contributed by atoms with Crippen molar-refractivity contribution in [3.05, 3.63) is 40.1 Å². The molecule has 1 aliphatic rings. The van der Waals surface area contributed by atoms with Gasteiger partial charge in [0.05, 0.1) is 30.7 Å². The quantitative estimate of drug-likeness (QED) is 0.885. The van der Waals surface area contributed by atoms with Crippen molar-refractivity contribution in [1.82, 2.24) is 14.9 Å². The average molecular weight is 291 g/mol. The Bertz CT molecular complexity index is 635. The highest BCUT2D eigenvalue weighted by Crippen LogP contribution is 2.22. The van der Waals surface area contributed by atoms with E-state index in [0.717, 1.165) is 17.0 Å². The molecule has 2 N–H and O–H groups in total. The number of hydrogen-bond donors (Lipinski definition) is 2. The molecule has 0 saturated carbocycles. The maximum absolute atomic E-state index is 12.3. The van der Waals surface area contributed by atoms with Gasteiger partial charge in [0.15, 0.2) is 0 Å². The first-order valence-corrected chi connectivity index (χ1v) is 7.14. The topological polar surface area (TPSA) is 86.3 Å². The van der Waals surface area contributed by atoms with E-state index in [1.165, 1.54) is 22.6 Å². The minimum Gasteiger partial charge on any atom is -0.480 e. The van der Waals surface area contributed by atoms with Crippen LogP contribution in [-0.4, -0.2) is 37.9 Å². The summed E-state index contributed by atoms with van der Waals surface area (Å²) in [6.45, 7) is 0.273. The lowest BCUT2D eigenvalue weighted by Crippen LogP contribution is -2.49. The highest BCUT2D eigenvalue weighted by atomic mass is 32.1. The third-order valence-corrected chi connectivity index (χ3v) is 4.17. The van der Waals surface area contributed by atoms with Crippen LogP contribution in [0.4, 0.5) is 0 Å². The normalized spacial score (nSPS) is 17.8. The Kier molecular flexibility index (Phi) is 3.27. The summed E-state index contributed by atoms with van der Waals surface area (Å²) in [7, 11) is 0. The van der Waals surface area contributed by atoms with Gasteiger partial charge in [-0.15, -0.1) is 0 Å². The lowest BCUT2D eigenvalue weighted by Gasteiger charge is -2.32. The number of amides is 1. The number of aromatic nitrogens is 2. The number of fused-ring (bicyclic) bond motifs is 1. The summed E-state index contributed by atoms with van der Waals surface area (Å²) in [5.74, 6) is -1.16. The van der Waals surface area contributed by atoms with Crippen LogP contribution in [0.15, 0.2) is 23.2 Å². The van der Waals surface area contributed by atoms with Crippen molar-refractivity contribution in [2.24, 2.45) is 0 Å². The Labute approximate surface area is 119 Å². The fraction of sp³-hybridized carbons (Fsp3) is 0.308. The Morgan fingerprint density at radius 2 is 2.40 bits per heavy atom. The Morgan fingerprint density at radius 1 is 1.55 bits per heavy atom. The summed E-state index contributed by atoms with van der Waals surface area (Å²) in [5.41, 5.74) is 2.47. The molecule has 2 aromatic heterocycles. The summed E-state index contributed by atoms with van der Waals surface area (Å²) in [6.07, 6.45) is 2.02. The van der Waals surface area contributed by atoms with E-state index in [-0.39, 0.29) is 25.3 Å². The van der Waals surface area contributed by atoms with Crippen molar-refractivity contribution < 1.29 is 14.7 Å². The molecule has 1 aliphatic heterocycles. The van der Waals surface area contributed by atoms with E-state index >= 15 is 0 Å². The van der Waals surface area contributed by atoms with Crippen LogP contribution in [0, 0.1) is 0 Å². The van der Waals surface area contributed by atoms with Gasteiger partial charge in [-0.05, 0) is 22.4 Å². The predicted molar refractivity (Wildman–Crippen MR) is 72.3 cm³/mol. The zero-order valence-corrected chi connectivity index (χ0v) is 11.4. The molecule has 7 heteroatoms. The second kappa shape index (κ2) is 5.09. The fourth-order valence-corrected chi connectivity index (χ4v) is 3.06. The minimum atomic E-state index is -0.989. The molecule has 3 rings (SSSR count). The zero-order valence-electron chi connectivity index (χ0n) is 10.6. The molecule has 1 amide bonds. The van der Waals surface area contributed by atoms with Gasteiger partial charge < -0.3 is 15.0 Å². The fourth-order valence-electron chi connectivity index (χ4n) is 2.39. The van der Waals surface area contributed by atoms with Gasteiger partial charge in [-0.2, -0.15) is 11.3 Å². The first-order chi connectivity index (χ1) is 9.65. The number of imidazole rings is 1. The standard InChI is InChI=1S/C13H13N3O3S/c17-12(3-8-1-2-20-6-8)16-5-10-9(14-7-15-10)4-11(16)13(18)19/h1-2,6-7,11H,3-5H2,(H,14,15)(H,18,19). The number of aliphatic carboxylic acids is 1. The maximum Gasteiger partial charge on any atom is 0.326 e. The van der Waals surface area contributed by atoms with Crippen LogP contribution in [0.1, 0.15) is 17.0 Å². The van der Waals surface area contributed by atoms with E-state index in [9.17, 15) is 14.7 Å². The molecule has 0 aromatic carbocycles. The molecule has 0 aliphatic carbocycles. The van der Waals surface area contributed by atoms with Gasteiger partial charge in [0.1, 0.15) is 6.04 Å². The number of aromatic amines is 1. The minimum absolute atomic E-state index is 0.170. The molecule has 0 fully saturated rings. The van der Waals surface area contributed by atoms with E-state index in [1.54, 1.807) is 0 Å². The smallest absolute Gasteiger partial charge is 0.326 e. The average Bonchev–Trinajstić information content (AvgIpc) is 3.06. The Morgan fingerprint density at radius 3 is 3.10 bits per heavy atom. The first-order valence-electron chi connectivity index (χ1n) is 6.19. The van der Waals surface area contributed by atoms with Crippen molar-refractivity contribution in [2.45, 2.75) is 25.4 Å². The third-order valence-electron chi connectivity index (χ3n) is 3.44. The van der Waals surface area contributed by atoms with Crippen molar-refractivity contribution in [3.63, 3.8) is 0 Å². The second-order valence-electron chi connectivity index (χ2n) is 4.72. The van der Waals surface area contributed by atoms with Crippen LogP contribution < -0.4 is 0 Å². The monoisotopic (exact) mass is 291 g/mol. The van der Waals surface area contributed by atoms with E-state index < -0.39 is 12.0 Å². The van der Waals surface area contributed by atoms with E-state index in [0.29, 0.717) is 0 Å². The van der Waals surface area contributed by atoms with Crippen LogP contribution >= 0.6 is 11.3 Å². The van der Waals surface area contributed by atoms with Crippen LogP contribution in [-0.2, 0) is 29.0 Å². The molecular weight excluding hydrogens is 278 g/mol. The molecule has 0 bridgehead atoms. The summed E-state index contributed by atoms with van der Waals surface area (Å²) in [4.78, 5) is 32.2. The van der Waals surface area contributed by atoms with Crippen molar-refractivity contribution in [3.8, 4) is 0 Å². The molecule has 1 unspecified atom stereocenters. The van der Waals surface area contributed by atoms with Crippen molar-refractivity contribution in [1.29, 1.82) is 0 Å². The molecule has 2 aromatic rings. The van der Waals surface area contributed by atoms with Crippen LogP contribution in [0.2, 0.25) is 0 Å². The van der Waals surface area contributed by atoms with Crippen LogP contribution in [0.25, 0.3) is 0 Å². The molecular formula is C13H13N3O3S. The number of nitrogens with zero attached hydrogens (tertiary/aromatic N) is 2. The van der Waals surface area contributed by atoms with Gasteiger partial charge in [-0.3, -0.25) is 4.79 Å². The molecule has 104 valence electrons. The Balaban J connectivity index is 1.82. The van der Waals surface area contributed by atoms with Crippen LogP contribution in [0.3, 0.4) is 0 Å². The molecule has 1 atom stereocenters. The summed E-state index contributed by atoms with van der Waals surface area (Å²) >= 11 is 1.52. The van der Waals surface area contributed by atoms with Gasteiger partial charge >= 0.3 is 5.97 Å². The number of thiophene rings is 1. The number of nitrogens with one attached hydrogen (secondary N) is 1. The third kappa shape index (κ3) is 2.32. The summed E-state index contributed by atoms with van der Waals surface area (Å²) in [6, 6.07) is 1.04. The molecule has 0 radical (unpaired) electrons. The van der Waals surface area contributed by atoms with E-state index in [2.05, 4.69) is 9.97 Å². The van der Waals surface area contributed by atoms with Crippen LogP contribution in [0.5, 0.6) is 0 Å². The number of carbonyl (C=O) groups excluding carboxylic acids is 1. The lowest BCUT2D eigenvalue weighted by atomic mass is 10.0. The largest absolute Gasteiger partial charge is 0.480 e. The molecule has 6 nitrogen and oxygen atoms in total. The lowest BCUT2D eigenvalue weighted by molar-refractivity contribution is -0.151. The van der Waals surface area contributed by atoms with E-state index in [4.69, 9.17) is 0 Å². The zero-order chi connectivity index (χ0) is 14.1. The molecule has 20 heavy (non-hydrogen) atoms. The Hall–Kier alpha value is -2.15. The van der Waals surface area contributed by atoms with Gasteiger partial charge in [0.2, 0.25) is 5.91 Å². The van der Waals surface area contributed by atoms with Gasteiger partial charge in [-0.25, -0.2) is 9.78 Å². The maximum atomic E-state index is 12.3. The van der Waals surface area contributed by atoms with Crippen molar-refractivity contribution in [2.75, 3.05) is 0 Å². The first kappa shape index (κ1) is 12.9. The number of H-pyrrole nitrogens is 1. The number of carboxylic acid groups (broad SMARTS) is 1. The van der Waals surface area contributed by atoms with Gasteiger partial charge in [0, 0.05) is 6.42 Å². The molecule has 0 spiro atoms. The van der Waals surface area contributed by atoms with Crippen molar-refractivity contribution >= 4 is 23.2 Å². The summed E-state index contributed by atoms with van der Waals surface area (Å²) < 4.78 is 0. The highest BCUT2D eigenvalue weighted by molar-refractivity contribution is 7.07. The molecule has 3 heterocycles. The summed E-state index contributed by atoms with van der Waals surface area (Å²) in [5, 5.41) is 13.1.